The lowest BCUT2D eigenvalue weighted by Crippen LogP contribution is -2.13. The zero-order valence-corrected chi connectivity index (χ0v) is 11.8. The molecule has 3 heteroatoms. The van der Waals surface area contributed by atoms with Gasteiger partial charge in [0.2, 0.25) is 0 Å². The van der Waals surface area contributed by atoms with Gasteiger partial charge in [0.05, 0.1) is 11.9 Å². The lowest BCUT2D eigenvalue weighted by atomic mass is 10.1. The summed E-state index contributed by atoms with van der Waals surface area (Å²) in [6, 6.07) is 6.47. The van der Waals surface area contributed by atoms with E-state index in [4.69, 9.17) is 4.74 Å². The van der Waals surface area contributed by atoms with Crippen LogP contribution in [0.25, 0.3) is 0 Å². The molecule has 0 bridgehead atoms. The second-order valence-corrected chi connectivity index (χ2v) is 5.51. The van der Waals surface area contributed by atoms with Gasteiger partial charge in [0.25, 0.3) is 0 Å². The number of benzene rings is 1. The van der Waals surface area contributed by atoms with Crippen LogP contribution in [0.2, 0.25) is 0 Å². The molecule has 0 amide bonds. The van der Waals surface area contributed by atoms with E-state index in [9.17, 15) is 4.79 Å². The maximum absolute atomic E-state index is 11.3. The zero-order valence-electron chi connectivity index (χ0n) is 10.9. The van der Waals surface area contributed by atoms with Crippen molar-refractivity contribution in [2.24, 2.45) is 0 Å². The Hall–Kier alpha value is -0.960. The fraction of sp³-hybridized carbons (Fsp3) is 0.500. The summed E-state index contributed by atoms with van der Waals surface area (Å²) in [6.45, 7) is 7.92. The van der Waals surface area contributed by atoms with Crippen LogP contribution >= 0.6 is 11.8 Å². The standard InChI is InChI=1S/C14H20O2S/c1-10(2)16-14(15)9-17-8-13-6-11(3)5-12(4)7-13/h5-7,10H,8-9H2,1-4H3. The third-order valence-corrected chi connectivity index (χ3v) is 3.11. The predicted molar refractivity (Wildman–Crippen MR) is 73.3 cm³/mol. The predicted octanol–water partition coefficient (Wildman–Crippen LogP) is 3.49. The summed E-state index contributed by atoms with van der Waals surface area (Å²) in [5, 5.41) is 0. The second kappa shape index (κ2) is 6.70. The Bertz CT molecular complexity index is 366. The first-order valence-corrected chi connectivity index (χ1v) is 6.97. The number of esters is 1. The van der Waals surface area contributed by atoms with Gasteiger partial charge in [-0.2, -0.15) is 0 Å². The Labute approximate surface area is 108 Å². The molecule has 17 heavy (non-hydrogen) atoms. The number of hydrogen-bond donors (Lipinski definition) is 0. The van der Waals surface area contributed by atoms with Crippen LogP contribution < -0.4 is 0 Å². The topological polar surface area (TPSA) is 26.3 Å². The molecule has 0 aliphatic heterocycles. The summed E-state index contributed by atoms with van der Waals surface area (Å²) >= 11 is 1.60. The molecule has 0 aliphatic rings. The first kappa shape index (κ1) is 14.1. The van der Waals surface area contributed by atoms with Crippen LogP contribution in [0.5, 0.6) is 0 Å². The normalized spacial score (nSPS) is 10.6. The van der Waals surface area contributed by atoms with Crippen molar-refractivity contribution < 1.29 is 9.53 Å². The molecule has 0 saturated heterocycles. The highest BCUT2D eigenvalue weighted by Crippen LogP contribution is 2.16. The fourth-order valence-electron chi connectivity index (χ4n) is 1.70. The van der Waals surface area contributed by atoms with E-state index in [1.165, 1.54) is 16.7 Å². The third-order valence-electron chi connectivity index (χ3n) is 2.14. The smallest absolute Gasteiger partial charge is 0.316 e. The van der Waals surface area contributed by atoms with Gasteiger partial charge in [-0.15, -0.1) is 11.8 Å². The molecule has 1 aromatic rings. The van der Waals surface area contributed by atoms with Gasteiger partial charge in [-0.05, 0) is 33.3 Å². The largest absolute Gasteiger partial charge is 0.462 e. The lowest BCUT2D eigenvalue weighted by molar-refractivity contribution is -0.144. The third kappa shape index (κ3) is 5.78. The van der Waals surface area contributed by atoms with Crippen molar-refractivity contribution in [3.63, 3.8) is 0 Å². The Kier molecular flexibility index (Phi) is 5.56. The van der Waals surface area contributed by atoms with E-state index in [0.717, 1.165) is 5.75 Å². The molecule has 0 spiro atoms. The van der Waals surface area contributed by atoms with Crippen molar-refractivity contribution in [3.05, 3.63) is 34.9 Å². The average Bonchev–Trinajstić information content (AvgIpc) is 2.14. The number of ether oxygens (including phenoxy) is 1. The summed E-state index contributed by atoms with van der Waals surface area (Å²) in [6.07, 6.45) is -0.0238. The summed E-state index contributed by atoms with van der Waals surface area (Å²) in [7, 11) is 0. The quantitative estimate of drug-likeness (QED) is 0.750. The molecule has 1 aromatic carbocycles. The molecule has 0 fully saturated rings. The minimum Gasteiger partial charge on any atom is -0.462 e. The minimum atomic E-state index is -0.130. The lowest BCUT2D eigenvalue weighted by Gasteiger charge is -2.08. The molecular formula is C14H20O2S. The van der Waals surface area contributed by atoms with Crippen molar-refractivity contribution in [2.45, 2.75) is 39.6 Å². The van der Waals surface area contributed by atoms with Crippen LogP contribution in [0, 0.1) is 13.8 Å². The van der Waals surface area contributed by atoms with Gasteiger partial charge < -0.3 is 4.74 Å². The van der Waals surface area contributed by atoms with Crippen molar-refractivity contribution in [1.82, 2.24) is 0 Å². The van der Waals surface area contributed by atoms with E-state index in [2.05, 4.69) is 32.0 Å². The number of carbonyl (C=O) groups excluding carboxylic acids is 1. The minimum absolute atomic E-state index is 0.0238. The molecule has 0 heterocycles. The molecular weight excluding hydrogens is 232 g/mol. The Morgan fingerprint density at radius 2 is 1.82 bits per heavy atom. The first-order chi connectivity index (χ1) is 7.97. The van der Waals surface area contributed by atoms with Crippen molar-refractivity contribution in [3.8, 4) is 0 Å². The molecule has 0 atom stereocenters. The van der Waals surface area contributed by atoms with Crippen LogP contribution in [0.1, 0.15) is 30.5 Å². The zero-order chi connectivity index (χ0) is 12.8. The molecule has 0 radical (unpaired) electrons. The van der Waals surface area contributed by atoms with E-state index < -0.39 is 0 Å². The molecule has 1 rings (SSSR count). The van der Waals surface area contributed by atoms with Crippen LogP contribution in [-0.4, -0.2) is 17.8 Å². The van der Waals surface area contributed by atoms with E-state index >= 15 is 0 Å². The molecule has 94 valence electrons. The average molecular weight is 252 g/mol. The highest BCUT2D eigenvalue weighted by Gasteiger charge is 2.05. The van der Waals surface area contributed by atoms with Gasteiger partial charge in [-0.1, -0.05) is 29.3 Å². The van der Waals surface area contributed by atoms with Crippen LogP contribution in [0.15, 0.2) is 18.2 Å². The van der Waals surface area contributed by atoms with Crippen molar-refractivity contribution >= 4 is 17.7 Å². The summed E-state index contributed by atoms with van der Waals surface area (Å²) in [5.74, 6) is 1.15. The van der Waals surface area contributed by atoms with Gasteiger partial charge in [0.15, 0.2) is 0 Å². The highest BCUT2D eigenvalue weighted by atomic mass is 32.2. The summed E-state index contributed by atoms with van der Waals surface area (Å²) < 4.78 is 5.08. The van der Waals surface area contributed by atoms with Gasteiger partial charge in [0.1, 0.15) is 0 Å². The van der Waals surface area contributed by atoms with E-state index in [-0.39, 0.29) is 12.1 Å². The molecule has 0 aromatic heterocycles. The summed E-state index contributed by atoms with van der Waals surface area (Å²) in [5.41, 5.74) is 3.81. The monoisotopic (exact) mass is 252 g/mol. The SMILES string of the molecule is Cc1cc(C)cc(CSCC(=O)OC(C)C)c1. The number of aryl methyl sites for hydroxylation is 2. The van der Waals surface area contributed by atoms with Crippen molar-refractivity contribution in [1.29, 1.82) is 0 Å². The van der Waals surface area contributed by atoms with E-state index in [1.54, 1.807) is 11.8 Å². The fourth-order valence-corrected chi connectivity index (χ4v) is 2.44. The number of hydrogen-bond acceptors (Lipinski definition) is 3. The van der Waals surface area contributed by atoms with E-state index in [1.807, 2.05) is 13.8 Å². The molecule has 0 saturated carbocycles. The Morgan fingerprint density at radius 1 is 1.24 bits per heavy atom. The molecule has 0 aliphatic carbocycles. The van der Waals surface area contributed by atoms with Gasteiger partial charge in [-0.3, -0.25) is 4.79 Å². The molecule has 0 N–H and O–H groups in total. The maximum Gasteiger partial charge on any atom is 0.316 e. The number of carbonyl (C=O) groups is 1. The van der Waals surface area contributed by atoms with Crippen LogP contribution in [0.3, 0.4) is 0 Å². The highest BCUT2D eigenvalue weighted by molar-refractivity contribution is 7.99. The van der Waals surface area contributed by atoms with Gasteiger partial charge in [-0.25, -0.2) is 0 Å². The Balaban J connectivity index is 2.38. The first-order valence-electron chi connectivity index (χ1n) is 5.82. The van der Waals surface area contributed by atoms with Crippen LogP contribution in [0.4, 0.5) is 0 Å². The van der Waals surface area contributed by atoms with Gasteiger partial charge in [0, 0.05) is 5.75 Å². The number of thioether (sulfide) groups is 1. The van der Waals surface area contributed by atoms with Gasteiger partial charge >= 0.3 is 5.97 Å². The summed E-state index contributed by atoms with van der Waals surface area (Å²) in [4.78, 5) is 11.3. The van der Waals surface area contributed by atoms with E-state index in [0.29, 0.717) is 5.75 Å². The molecule has 2 nitrogen and oxygen atoms in total. The van der Waals surface area contributed by atoms with Crippen molar-refractivity contribution in [2.75, 3.05) is 5.75 Å². The molecule has 0 unspecified atom stereocenters. The van der Waals surface area contributed by atoms with Crippen LogP contribution in [-0.2, 0) is 15.3 Å². The second-order valence-electron chi connectivity index (χ2n) is 4.53. The Morgan fingerprint density at radius 3 is 2.35 bits per heavy atom. The number of rotatable bonds is 5. The maximum atomic E-state index is 11.3.